The first-order valence-electron chi connectivity index (χ1n) is 13.5. The van der Waals surface area contributed by atoms with Gasteiger partial charge in [0.1, 0.15) is 0 Å². The van der Waals surface area contributed by atoms with Gasteiger partial charge in [0.05, 0.1) is 0 Å². The average Bonchev–Trinajstić information content (AvgIpc) is 2.73. The molecule has 0 heterocycles. The second-order valence-electron chi connectivity index (χ2n) is 9.19. The van der Waals surface area contributed by atoms with Gasteiger partial charge in [0.2, 0.25) is 5.91 Å². The highest BCUT2D eigenvalue weighted by atomic mass is 16.1. The molecule has 0 fully saturated rings. The van der Waals surface area contributed by atoms with Crippen molar-refractivity contribution in [3.63, 3.8) is 0 Å². The second-order valence-corrected chi connectivity index (χ2v) is 9.19. The maximum absolute atomic E-state index is 11.8. The monoisotopic (exact) mass is 409 g/mol. The Bertz CT molecular complexity index is 324. The van der Waals surface area contributed by atoms with E-state index in [4.69, 9.17) is 0 Å². The molecule has 0 aliphatic heterocycles. The van der Waals surface area contributed by atoms with Crippen molar-refractivity contribution in [1.29, 1.82) is 0 Å². The average molecular weight is 410 g/mol. The van der Waals surface area contributed by atoms with Crippen LogP contribution in [0.2, 0.25) is 0 Å². The van der Waals surface area contributed by atoms with Gasteiger partial charge in [0.15, 0.2) is 0 Å². The largest absolute Gasteiger partial charge is 0.353 e. The highest BCUT2D eigenvalue weighted by Gasteiger charge is 2.07. The molecule has 174 valence electrons. The summed E-state index contributed by atoms with van der Waals surface area (Å²) in [4.78, 5) is 11.8. The van der Waals surface area contributed by atoms with Crippen molar-refractivity contribution in [3.05, 3.63) is 0 Å². The fourth-order valence-corrected chi connectivity index (χ4v) is 4.16. The number of carbonyl (C=O) groups is 1. The minimum Gasteiger partial charge on any atom is -0.353 e. The molecule has 0 atom stereocenters. The summed E-state index contributed by atoms with van der Waals surface area (Å²) in [5, 5.41) is 3.14. The van der Waals surface area contributed by atoms with Gasteiger partial charge in [-0.2, -0.15) is 0 Å². The van der Waals surface area contributed by atoms with E-state index >= 15 is 0 Å². The highest BCUT2D eigenvalue weighted by molar-refractivity contribution is 5.76. The molecule has 1 amide bonds. The zero-order chi connectivity index (χ0) is 21.4. The molecular formula is C27H55NO. The number of rotatable bonds is 23. The maximum Gasteiger partial charge on any atom is 0.220 e. The van der Waals surface area contributed by atoms with Crippen LogP contribution in [-0.2, 0) is 4.79 Å². The Morgan fingerprint density at radius 2 is 0.828 bits per heavy atom. The molecule has 2 heteroatoms. The number of hydrogen-bond donors (Lipinski definition) is 1. The van der Waals surface area contributed by atoms with Crippen LogP contribution in [0.25, 0.3) is 0 Å². The van der Waals surface area contributed by atoms with Crippen molar-refractivity contribution in [2.24, 2.45) is 0 Å². The van der Waals surface area contributed by atoms with Crippen LogP contribution in [0, 0.1) is 0 Å². The number of nitrogens with one attached hydrogen (secondary N) is 1. The Kier molecular flexibility index (Phi) is 23.3. The van der Waals surface area contributed by atoms with Gasteiger partial charge < -0.3 is 5.32 Å². The molecule has 2 nitrogen and oxygen atoms in total. The number of hydrogen-bond acceptors (Lipinski definition) is 1. The standard InChI is InChI=1S/C27H55NO/c1-4-7-8-9-10-11-12-13-14-15-16-17-18-19-20-21-22-23-24-25-27(29)28-26(5-2)6-3/h26H,4-25H2,1-3H3,(H,28,29). The molecule has 0 aliphatic rings. The zero-order valence-electron chi connectivity index (χ0n) is 20.5. The van der Waals surface area contributed by atoms with E-state index in [9.17, 15) is 4.79 Å². The second kappa shape index (κ2) is 23.7. The summed E-state index contributed by atoms with van der Waals surface area (Å²) in [5.74, 6) is 0.255. The lowest BCUT2D eigenvalue weighted by molar-refractivity contribution is -0.121. The number of unbranched alkanes of at least 4 members (excludes halogenated alkanes) is 18. The normalized spacial score (nSPS) is 11.3. The van der Waals surface area contributed by atoms with Crippen LogP contribution in [0.5, 0.6) is 0 Å². The Hall–Kier alpha value is -0.530. The molecule has 0 saturated carbocycles. The first-order valence-corrected chi connectivity index (χ1v) is 13.5. The van der Waals surface area contributed by atoms with E-state index in [1.807, 2.05) is 0 Å². The summed E-state index contributed by atoms with van der Waals surface area (Å²) in [5.41, 5.74) is 0. The highest BCUT2D eigenvalue weighted by Crippen LogP contribution is 2.14. The third-order valence-corrected chi connectivity index (χ3v) is 6.36. The number of carbonyl (C=O) groups excluding carboxylic acids is 1. The van der Waals surface area contributed by atoms with Crippen molar-refractivity contribution in [3.8, 4) is 0 Å². The lowest BCUT2D eigenvalue weighted by atomic mass is 10.0. The van der Waals surface area contributed by atoms with Crippen molar-refractivity contribution in [2.45, 2.75) is 168 Å². The molecule has 0 unspecified atom stereocenters. The van der Waals surface area contributed by atoms with Gasteiger partial charge in [0.25, 0.3) is 0 Å². The van der Waals surface area contributed by atoms with Crippen LogP contribution >= 0.6 is 0 Å². The fourth-order valence-electron chi connectivity index (χ4n) is 4.16. The first kappa shape index (κ1) is 28.5. The summed E-state index contributed by atoms with van der Waals surface area (Å²) in [7, 11) is 0. The zero-order valence-corrected chi connectivity index (χ0v) is 20.5. The van der Waals surface area contributed by atoms with E-state index in [2.05, 4.69) is 26.1 Å². The van der Waals surface area contributed by atoms with Crippen LogP contribution in [0.3, 0.4) is 0 Å². The Morgan fingerprint density at radius 1 is 0.517 bits per heavy atom. The van der Waals surface area contributed by atoms with Gasteiger partial charge in [-0.25, -0.2) is 0 Å². The lowest BCUT2D eigenvalue weighted by Gasteiger charge is -2.14. The minimum absolute atomic E-state index is 0.255. The van der Waals surface area contributed by atoms with Crippen LogP contribution in [0.15, 0.2) is 0 Å². The molecule has 0 radical (unpaired) electrons. The Balaban J connectivity index is 3.14. The molecule has 0 aliphatic carbocycles. The molecule has 0 aromatic rings. The molecule has 0 aromatic heterocycles. The smallest absolute Gasteiger partial charge is 0.220 e. The van der Waals surface area contributed by atoms with Gasteiger partial charge in [-0.15, -0.1) is 0 Å². The van der Waals surface area contributed by atoms with Gasteiger partial charge in [-0.1, -0.05) is 136 Å². The van der Waals surface area contributed by atoms with Gasteiger partial charge in [0, 0.05) is 12.5 Å². The number of amides is 1. The van der Waals surface area contributed by atoms with Gasteiger partial charge >= 0.3 is 0 Å². The summed E-state index contributed by atoms with van der Waals surface area (Å²) in [6.07, 6.45) is 29.3. The third kappa shape index (κ3) is 22.0. The summed E-state index contributed by atoms with van der Waals surface area (Å²) < 4.78 is 0. The minimum atomic E-state index is 0.255. The third-order valence-electron chi connectivity index (χ3n) is 6.36. The van der Waals surface area contributed by atoms with E-state index in [1.54, 1.807) is 0 Å². The van der Waals surface area contributed by atoms with Gasteiger partial charge in [-0.05, 0) is 19.3 Å². The first-order chi connectivity index (χ1) is 14.2. The SMILES string of the molecule is CCCCCCCCCCCCCCCCCCCCCC(=O)NC(CC)CC. The molecule has 1 N–H and O–H groups in total. The van der Waals surface area contributed by atoms with E-state index in [0.29, 0.717) is 6.04 Å². The van der Waals surface area contributed by atoms with Crippen LogP contribution < -0.4 is 5.32 Å². The van der Waals surface area contributed by atoms with Crippen molar-refractivity contribution in [2.75, 3.05) is 0 Å². The fraction of sp³-hybridized carbons (Fsp3) is 0.963. The molecule has 29 heavy (non-hydrogen) atoms. The molecule has 0 spiro atoms. The van der Waals surface area contributed by atoms with E-state index < -0.39 is 0 Å². The summed E-state index contributed by atoms with van der Waals surface area (Å²) in [6.45, 7) is 6.58. The topological polar surface area (TPSA) is 29.1 Å². The lowest BCUT2D eigenvalue weighted by Crippen LogP contribution is -2.33. The predicted molar refractivity (Wildman–Crippen MR) is 131 cm³/mol. The molecule has 0 bridgehead atoms. The van der Waals surface area contributed by atoms with Crippen LogP contribution in [-0.4, -0.2) is 11.9 Å². The predicted octanol–water partition coefficient (Wildman–Crippen LogP) is 9.11. The van der Waals surface area contributed by atoms with E-state index in [1.165, 1.54) is 116 Å². The van der Waals surface area contributed by atoms with E-state index in [-0.39, 0.29) is 5.91 Å². The van der Waals surface area contributed by atoms with Crippen molar-refractivity contribution < 1.29 is 4.79 Å². The van der Waals surface area contributed by atoms with Crippen molar-refractivity contribution in [1.82, 2.24) is 5.32 Å². The summed E-state index contributed by atoms with van der Waals surface area (Å²) in [6, 6.07) is 0.378. The summed E-state index contributed by atoms with van der Waals surface area (Å²) >= 11 is 0. The van der Waals surface area contributed by atoms with E-state index in [0.717, 1.165) is 25.7 Å². The van der Waals surface area contributed by atoms with Crippen LogP contribution in [0.1, 0.15) is 162 Å². The molecular weight excluding hydrogens is 354 g/mol. The maximum atomic E-state index is 11.8. The Labute approximate surface area is 184 Å². The molecule has 0 aromatic carbocycles. The molecule has 0 rings (SSSR count). The molecule has 0 saturated heterocycles. The van der Waals surface area contributed by atoms with Crippen molar-refractivity contribution >= 4 is 5.91 Å². The van der Waals surface area contributed by atoms with Gasteiger partial charge in [-0.3, -0.25) is 4.79 Å². The quantitative estimate of drug-likeness (QED) is 0.167. The van der Waals surface area contributed by atoms with Crippen LogP contribution in [0.4, 0.5) is 0 Å². The Morgan fingerprint density at radius 3 is 1.14 bits per heavy atom.